The summed E-state index contributed by atoms with van der Waals surface area (Å²) in [7, 11) is 1.62. The van der Waals surface area contributed by atoms with Gasteiger partial charge >= 0.3 is 0 Å². The van der Waals surface area contributed by atoms with E-state index in [9.17, 15) is 0 Å². The highest BCUT2D eigenvalue weighted by atomic mass is 16.7. The third-order valence-electron chi connectivity index (χ3n) is 2.89. The molecule has 106 valence electrons. The van der Waals surface area contributed by atoms with Gasteiger partial charge in [-0.05, 0) is 31.7 Å². The van der Waals surface area contributed by atoms with Crippen LogP contribution in [0.4, 0.5) is 0 Å². The van der Waals surface area contributed by atoms with Crippen molar-refractivity contribution in [3.63, 3.8) is 0 Å². The molecule has 0 aliphatic carbocycles. The average Bonchev–Trinajstić information content (AvgIpc) is 2.42. The molecule has 0 bridgehead atoms. The largest absolute Gasteiger partial charge is 0.467 e. The number of rotatable bonds is 9. The number of hydrogen-bond acceptors (Lipinski definition) is 3. The fourth-order valence-electron chi connectivity index (χ4n) is 1.88. The van der Waals surface area contributed by atoms with Crippen LogP contribution in [0.15, 0.2) is 24.3 Å². The van der Waals surface area contributed by atoms with Gasteiger partial charge in [-0.1, -0.05) is 36.8 Å². The first-order valence-electron chi connectivity index (χ1n) is 6.78. The van der Waals surface area contributed by atoms with E-state index in [4.69, 9.17) is 14.6 Å². The van der Waals surface area contributed by atoms with Crippen molar-refractivity contribution < 1.29 is 14.6 Å². The number of para-hydroxylation sites is 1. The van der Waals surface area contributed by atoms with Crippen molar-refractivity contribution >= 4 is 6.08 Å². The number of benzene rings is 1. The zero-order valence-electron chi connectivity index (χ0n) is 11.9. The Bertz CT molecular complexity index is 386. The number of allylic oxidation sites excluding steroid dienone is 1. The van der Waals surface area contributed by atoms with Gasteiger partial charge < -0.3 is 14.6 Å². The lowest BCUT2D eigenvalue weighted by atomic mass is 10.1. The van der Waals surface area contributed by atoms with Gasteiger partial charge in [-0.3, -0.25) is 0 Å². The molecule has 3 heteroatoms. The molecule has 0 heterocycles. The second kappa shape index (κ2) is 9.59. The summed E-state index contributed by atoms with van der Waals surface area (Å²) in [6, 6.07) is 6.10. The molecule has 0 aliphatic heterocycles. The molecule has 1 rings (SSSR count). The molecule has 0 unspecified atom stereocenters. The second-order valence-corrected chi connectivity index (χ2v) is 4.52. The summed E-state index contributed by atoms with van der Waals surface area (Å²) in [5, 5.41) is 8.70. The molecule has 1 aromatic carbocycles. The Morgan fingerprint density at radius 3 is 2.79 bits per heavy atom. The van der Waals surface area contributed by atoms with Crippen LogP contribution in [-0.2, 0) is 4.74 Å². The molecule has 0 radical (unpaired) electrons. The summed E-state index contributed by atoms with van der Waals surface area (Å²) in [5.74, 6) is 0.885. The monoisotopic (exact) mass is 264 g/mol. The molecule has 3 nitrogen and oxygen atoms in total. The fourth-order valence-corrected chi connectivity index (χ4v) is 1.88. The van der Waals surface area contributed by atoms with E-state index in [0.717, 1.165) is 42.6 Å². The molecule has 19 heavy (non-hydrogen) atoms. The quantitative estimate of drug-likeness (QED) is 0.547. The van der Waals surface area contributed by atoms with Crippen molar-refractivity contribution in [3.8, 4) is 5.75 Å². The first-order chi connectivity index (χ1) is 9.29. The molecular formula is C16H24O3. The Morgan fingerprint density at radius 2 is 2.05 bits per heavy atom. The number of hydrogen-bond donors (Lipinski definition) is 1. The highest BCUT2D eigenvalue weighted by Crippen LogP contribution is 2.25. The zero-order valence-corrected chi connectivity index (χ0v) is 11.9. The molecular weight excluding hydrogens is 240 g/mol. The van der Waals surface area contributed by atoms with Crippen molar-refractivity contribution in [1.82, 2.24) is 0 Å². The number of methoxy groups -OCH3 is 1. The van der Waals surface area contributed by atoms with Crippen molar-refractivity contribution in [2.75, 3.05) is 20.5 Å². The van der Waals surface area contributed by atoms with Gasteiger partial charge in [-0.2, -0.15) is 0 Å². The Labute approximate surface area is 115 Å². The van der Waals surface area contributed by atoms with Crippen molar-refractivity contribution in [2.45, 2.75) is 32.6 Å². The summed E-state index contributed by atoms with van der Waals surface area (Å²) in [6.07, 6.45) is 8.35. The predicted molar refractivity (Wildman–Crippen MR) is 78.3 cm³/mol. The first kappa shape index (κ1) is 15.7. The van der Waals surface area contributed by atoms with E-state index in [1.165, 1.54) is 0 Å². The van der Waals surface area contributed by atoms with Crippen LogP contribution < -0.4 is 4.74 Å². The third-order valence-corrected chi connectivity index (χ3v) is 2.89. The average molecular weight is 264 g/mol. The summed E-state index contributed by atoms with van der Waals surface area (Å²) in [4.78, 5) is 0. The van der Waals surface area contributed by atoms with E-state index in [2.05, 4.69) is 12.2 Å². The van der Waals surface area contributed by atoms with Gasteiger partial charge in [-0.15, -0.1) is 0 Å². The second-order valence-electron chi connectivity index (χ2n) is 4.52. The van der Waals surface area contributed by atoms with Crippen LogP contribution in [0.25, 0.3) is 6.08 Å². The van der Waals surface area contributed by atoms with Gasteiger partial charge in [0, 0.05) is 19.3 Å². The standard InChI is InChI=1S/C16H24O3/c1-14-9-8-11-15(16(14)19-13-18-2)10-6-4-3-5-7-12-17/h6,8-11,17H,3-5,7,12-13H2,1-2H3/b10-6+. The summed E-state index contributed by atoms with van der Waals surface area (Å²) in [6.45, 7) is 2.59. The van der Waals surface area contributed by atoms with Crippen molar-refractivity contribution in [1.29, 1.82) is 0 Å². The van der Waals surface area contributed by atoms with Gasteiger partial charge in [-0.25, -0.2) is 0 Å². The molecule has 0 fully saturated rings. The third kappa shape index (κ3) is 5.90. The molecule has 1 aromatic rings. The highest BCUT2D eigenvalue weighted by Gasteiger charge is 2.03. The minimum Gasteiger partial charge on any atom is -0.467 e. The maximum Gasteiger partial charge on any atom is 0.188 e. The van der Waals surface area contributed by atoms with E-state index >= 15 is 0 Å². The van der Waals surface area contributed by atoms with Crippen LogP contribution in [0.5, 0.6) is 5.75 Å². The van der Waals surface area contributed by atoms with Crippen LogP contribution in [0.1, 0.15) is 36.8 Å². The highest BCUT2D eigenvalue weighted by molar-refractivity contribution is 5.59. The van der Waals surface area contributed by atoms with Crippen LogP contribution in [0.2, 0.25) is 0 Å². The van der Waals surface area contributed by atoms with Gasteiger partial charge in [0.05, 0.1) is 0 Å². The maximum absolute atomic E-state index is 8.70. The molecule has 0 amide bonds. The van der Waals surface area contributed by atoms with Gasteiger partial charge in [0.15, 0.2) is 6.79 Å². The Balaban J connectivity index is 2.56. The molecule has 0 saturated heterocycles. The Hall–Kier alpha value is -1.32. The minimum atomic E-state index is 0.266. The molecule has 0 spiro atoms. The molecule has 0 saturated carbocycles. The first-order valence-corrected chi connectivity index (χ1v) is 6.78. The van der Waals surface area contributed by atoms with E-state index in [1.54, 1.807) is 7.11 Å². The summed E-state index contributed by atoms with van der Waals surface area (Å²) >= 11 is 0. The lowest BCUT2D eigenvalue weighted by Gasteiger charge is -2.11. The van der Waals surface area contributed by atoms with Gasteiger partial charge in [0.2, 0.25) is 0 Å². The molecule has 0 aromatic heterocycles. The van der Waals surface area contributed by atoms with E-state index < -0.39 is 0 Å². The van der Waals surface area contributed by atoms with Gasteiger partial charge in [0.1, 0.15) is 5.75 Å². The van der Waals surface area contributed by atoms with E-state index in [-0.39, 0.29) is 13.4 Å². The fraction of sp³-hybridized carbons (Fsp3) is 0.500. The van der Waals surface area contributed by atoms with Crippen LogP contribution in [-0.4, -0.2) is 25.6 Å². The van der Waals surface area contributed by atoms with Crippen LogP contribution in [0.3, 0.4) is 0 Å². The lowest BCUT2D eigenvalue weighted by molar-refractivity contribution is 0.0505. The van der Waals surface area contributed by atoms with E-state index in [0.29, 0.717) is 0 Å². The van der Waals surface area contributed by atoms with Crippen LogP contribution >= 0.6 is 0 Å². The molecule has 0 aliphatic rings. The smallest absolute Gasteiger partial charge is 0.188 e. The Kier molecular flexibility index (Phi) is 7.94. The summed E-state index contributed by atoms with van der Waals surface area (Å²) in [5.41, 5.74) is 2.19. The normalized spacial score (nSPS) is 11.1. The van der Waals surface area contributed by atoms with Crippen molar-refractivity contribution in [3.05, 3.63) is 35.4 Å². The minimum absolute atomic E-state index is 0.266. The number of aryl methyl sites for hydroxylation is 1. The van der Waals surface area contributed by atoms with Crippen molar-refractivity contribution in [2.24, 2.45) is 0 Å². The number of aliphatic hydroxyl groups is 1. The lowest BCUT2D eigenvalue weighted by Crippen LogP contribution is -2.01. The zero-order chi connectivity index (χ0) is 13.9. The van der Waals surface area contributed by atoms with E-state index in [1.807, 2.05) is 25.1 Å². The van der Waals surface area contributed by atoms with Gasteiger partial charge in [0.25, 0.3) is 0 Å². The molecule has 0 atom stereocenters. The predicted octanol–water partition coefficient (Wildman–Crippen LogP) is 3.54. The number of aliphatic hydroxyl groups excluding tert-OH is 1. The summed E-state index contributed by atoms with van der Waals surface area (Å²) < 4.78 is 10.6. The number of ether oxygens (including phenoxy) is 2. The maximum atomic E-state index is 8.70. The Morgan fingerprint density at radius 1 is 1.21 bits per heavy atom. The SMILES string of the molecule is COCOc1c(C)cccc1/C=C/CCCCCO. The van der Waals surface area contributed by atoms with Crippen LogP contribution in [0, 0.1) is 6.92 Å². The number of unbranched alkanes of at least 4 members (excludes halogenated alkanes) is 3. The topological polar surface area (TPSA) is 38.7 Å². The molecule has 1 N–H and O–H groups in total.